The van der Waals surface area contributed by atoms with E-state index in [1.165, 1.54) is 6.21 Å². The smallest absolute Gasteiger partial charge is 0.190 e. The fourth-order valence-corrected chi connectivity index (χ4v) is 1.07. The van der Waals surface area contributed by atoms with E-state index in [2.05, 4.69) is 0 Å². The molecule has 0 saturated heterocycles. The second-order valence-electron chi connectivity index (χ2n) is 4.20. The van der Waals surface area contributed by atoms with Gasteiger partial charge in [0.1, 0.15) is 12.4 Å². The van der Waals surface area contributed by atoms with Gasteiger partial charge in [0.15, 0.2) is 11.8 Å². The summed E-state index contributed by atoms with van der Waals surface area (Å²) in [5.41, 5.74) is -0.0303. The maximum Gasteiger partial charge on any atom is 0.190 e. The van der Waals surface area contributed by atoms with E-state index in [0.29, 0.717) is 0 Å². The maximum absolute atomic E-state index is 11.7. The number of ether oxygens (including phenoxy) is 1. The van der Waals surface area contributed by atoms with Gasteiger partial charge in [-0.3, -0.25) is 0 Å². The molecule has 88 valence electrons. The first-order valence-corrected chi connectivity index (χ1v) is 5.06. The molecule has 1 rings (SSSR count). The van der Waals surface area contributed by atoms with Crippen molar-refractivity contribution in [3.8, 4) is 5.75 Å². The van der Waals surface area contributed by atoms with E-state index in [1.54, 1.807) is 45.2 Å². The Morgan fingerprint density at radius 1 is 1.38 bits per heavy atom. The van der Waals surface area contributed by atoms with Crippen LogP contribution in [0.3, 0.4) is 0 Å². The lowest BCUT2D eigenvalue weighted by Gasteiger charge is -2.21. The predicted molar refractivity (Wildman–Crippen MR) is 63.0 cm³/mol. The molecule has 0 spiro atoms. The molecule has 0 heterocycles. The fraction of sp³-hybridized carbons (Fsp3) is 0.417. The molecule has 0 saturated carbocycles. The predicted octanol–water partition coefficient (Wildman–Crippen LogP) is 1.40. The van der Waals surface area contributed by atoms with E-state index >= 15 is 0 Å². The van der Waals surface area contributed by atoms with Crippen molar-refractivity contribution >= 4 is 6.21 Å². The molecule has 0 bridgehead atoms. The van der Waals surface area contributed by atoms with Crippen LogP contribution in [0.4, 0.5) is 0 Å². The summed E-state index contributed by atoms with van der Waals surface area (Å²) in [5, 5.41) is 20.7. The Morgan fingerprint density at radius 2 is 1.94 bits per heavy atom. The Labute approximate surface area is 95.4 Å². The van der Waals surface area contributed by atoms with Gasteiger partial charge in [0.2, 0.25) is 0 Å². The summed E-state index contributed by atoms with van der Waals surface area (Å²) < 4.78 is 5.78. The molecule has 1 aromatic rings. The average Bonchev–Trinajstić information content (AvgIpc) is 2.30. The SMILES string of the molecule is COc1ccc(/C=[N+](\[O-])C(C)(C)CO)cc1. The Morgan fingerprint density at radius 3 is 2.38 bits per heavy atom. The number of rotatable bonds is 4. The molecule has 0 fully saturated rings. The van der Waals surface area contributed by atoms with Gasteiger partial charge in [-0.1, -0.05) is 0 Å². The topological polar surface area (TPSA) is 55.5 Å². The molecule has 0 atom stereocenters. The molecule has 16 heavy (non-hydrogen) atoms. The zero-order valence-corrected chi connectivity index (χ0v) is 9.80. The number of benzene rings is 1. The van der Waals surface area contributed by atoms with E-state index in [0.717, 1.165) is 16.1 Å². The highest BCUT2D eigenvalue weighted by Crippen LogP contribution is 2.11. The Hall–Kier alpha value is -1.55. The van der Waals surface area contributed by atoms with Gasteiger partial charge in [-0.15, -0.1) is 0 Å². The first kappa shape index (κ1) is 12.5. The zero-order chi connectivity index (χ0) is 12.2. The molecule has 1 aromatic carbocycles. The zero-order valence-electron chi connectivity index (χ0n) is 9.80. The van der Waals surface area contributed by atoms with Crippen LogP contribution in [-0.4, -0.2) is 35.3 Å². The highest BCUT2D eigenvalue weighted by molar-refractivity contribution is 5.76. The minimum absolute atomic E-state index is 0.191. The standard InChI is InChI=1S/C12H17NO3/c1-12(2,9-14)13(15)8-10-4-6-11(16-3)7-5-10/h4-8,14H,9H2,1-3H3/b13-8-. The van der Waals surface area contributed by atoms with Gasteiger partial charge in [-0.25, -0.2) is 4.74 Å². The van der Waals surface area contributed by atoms with Crippen molar-refractivity contribution in [2.24, 2.45) is 0 Å². The molecule has 4 nitrogen and oxygen atoms in total. The summed E-state index contributed by atoms with van der Waals surface area (Å²) >= 11 is 0. The van der Waals surface area contributed by atoms with Crippen molar-refractivity contribution in [2.75, 3.05) is 13.7 Å². The van der Waals surface area contributed by atoms with E-state index in [4.69, 9.17) is 9.84 Å². The number of nitrogens with zero attached hydrogens (tertiary/aromatic N) is 1. The monoisotopic (exact) mass is 223 g/mol. The summed E-state index contributed by atoms with van der Waals surface area (Å²) in [7, 11) is 1.59. The van der Waals surface area contributed by atoms with E-state index in [-0.39, 0.29) is 6.61 Å². The van der Waals surface area contributed by atoms with Crippen LogP contribution in [-0.2, 0) is 0 Å². The van der Waals surface area contributed by atoms with Gasteiger partial charge in [0.25, 0.3) is 0 Å². The maximum atomic E-state index is 11.7. The van der Waals surface area contributed by atoms with Crippen LogP contribution < -0.4 is 4.74 Å². The van der Waals surface area contributed by atoms with E-state index in [1.807, 2.05) is 0 Å². The number of aliphatic hydroxyl groups excluding tert-OH is 1. The van der Waals surface area contributed by atoms with Crippen molar-refractivity contribution in [2.45, 2.75) is 19.4 Å². The molecule has 0 unspecified atom stereocenters. The first-order chi connectivity index (χ1) is 7.49. The lowest BCUT2D eigenvalue weighted by Crippen LogP contribution is -2.37. The van der Waals surface area contributed by atoms with Crippen LogP contribution in [0.2, 0.25) is 0 Å². The number of hydroxylamine groups is 1. The molecule has 1 N–H and O–H groups in total. The van der Waals surface area contributed by atoms with E-state index < -0.39 is 5.54 Å². The first-order valence-electron chi connectivity index (χ1n) is 5.06. The van der Waals surface area contributed by atoms with E-state index in [9.17, 15) is 5.21 Å². The second-order valence-corrected chi connectivity index (χ2v) is 4.20. The number of hydrogen-bond donors (Lipinski definition) is 1. The van der Waals surface area contributed by atoms with Gasteiger partial charge in [0.05, 0.1) is 7.11 Å². The van der Waals surface area contributed by atoms with Crippen molar-refractivity contribution < 1.29 is 14.6 Å². The van der Waals surface area contributed by atoms with Crippen LogP contribution in [0, 0.1) is 5.21 Å². The van der Waals surface area contributed by atoms with Gasteiger partial charge in [-0.2, -0.15) is 0 Å². The number of hydrogen-bond acceptors (Lipinski definition) is 3. The summed E-state index contributed by atoms with van der Waals surface area (Å²) in [6.07, 6.45) is 1.45. The third kappa shape index (κ3) is 2.97. The highest BCUT2D eigenvalue weighted by atomic mass is 16.5. The third-order valence-corrected chi connectivity index (χ3v) is 2.37. The fourth-order valence-electron chi connectivity index (χ4n) is 1.07. The van der Waals surface area contributed by atoms with Gasteiger partial charge in [0, 0.05) is 19.4 Å². The second kappa shape index (κ2) is 4.99. The summed E-state index contributed by atoms with van der Waals surface area (Å²) in [6, 6.07) is 7.14. The Balaban J connectivity index is 2.90. The minimum atomic E-state index is -0.806. The Bertz CT molecular complexity index is 368. The molecule has 0 aliphatic rings. The van der Waals surface area contributed by atoms with Crippen LogP contribution in [0.1, 0.15) is 19.4 Å². The van der Waals surface area contributed by atoms with Crippen LogP contribution >= 0.6 is 0 Å². The average molecular weight is 223 g/mol. The summed E-state index contributed by atoms with van der Waals surface area (Å²) in [5.74, 6) is 0.746. The largest absolute Gasteiger partial charge is 0.623 e. The molecular formula is C12H17NO3. The summed E-state index contributed by atoms with van der Waals surface area (Å²) in [6.45, 7) is 3.17. The lowest BCUT2D eigenvalue weighted by atomic mass is 10.1. The normalized spacial score (nSPS) is 12.6. The third-order valence-electron chi connectivity index (χ3n) is 2.37. The van der Waals surface area contributed by atoms with Gasteiger partial charge >= 0.3 is 0 Å². The van der Waals surface area contributed by atoms with Crippen LogP contribution in [0.15, 0.2) is 24.3 Å². The van der Waals surface area contributed by atoms with Crippen molar-refractivity contribution in [1.82, 2.24) is 0 Å². The molecule has 0 radical (unpaired) electrons. The van der Waals surface area contributed by atoms with Crippen LogP contribution in [0.25, 0.3) is 0 Å². The quantitative estimate of drug-likeness (QED) is 0.363. The number of aliphatic hydroxyl groups is 1. The highest BCUT2D eigenvalue weighted by Gasteiger charge is 2.24. The molecule has 4 heteroatoms. The van der Waals surface area contributed by atoms with Gasteiger partial charge < -0.3 is 15.1 Å². The number of methoxy groups -OCH3 is 1. The van der Waals surface area contributed by atoms with Gasteiger partial charge in [-0.05, 0) is 24.3 Å². The summed E-state index contributed by atoms with van der Waals surface area (Å²) in [4.78, 5) is 0. The molecule has 0 aliphatic carbocycles. The van der Waals surface area contributed by atoms with Crippen molar-refractivity contribution in [3.63, 3.8) is 0 Å². The van der Waals surface area contributed by atoms with Crippen molar-refractivity contribution in [3.05, 3.63) is 35.0 Å². The molecular weight excluding hydrogens is 206 g/mol. The van der Waals surface area contributed by atoms with Crippen molar-refractivity contribution in [1.29, 1.82) is 0 Å². The molecule has 0 aromatic heterocycles. The minimum Gasteiger partial charge on any atom is -0.623 e. The Kier molecular flexibility index (Phi) is 3.90. The molecule has 0 aliphatic heterocycles. The van der Waals surface area contributed by atoms with Crippen LogP contribution in [0.5, 0.6) is 5.75 Å². The molecule has 0 amide bonds. The lowest BCUT2D eigenvalue weighted by molar-refractivity contribution is -0.539.